The SMILES string of the molecule is O=Cc1nn(-c2ccccc2)c2cc([N+](=O)[O-])cc([N+](=O)[O-])c12. The van der Waals surface area contributed by atoms with Gasteiger partial charge in [-0.15, -0.1) is 0 Å². The molecule has 0 unspecified atom stereocenters. The molecule has 0 aliphatic carbocycles. The fraction of sp³-hybridized carbons (Fsp3) is 0. The number of hydrogen-bond acceptors (Lipinski definition) is 6. The molecule has 9 heteroatoms. The molecule has 0 saturated heterocycles. The van der Waals surface area contributed by atoms with Crippen molar-refractivity contribution in [2.75, 3.05) is 0 Å². The highest BCUT2D eigenvalue weighted by atomic mass is 16.6. The van der Waals surface area contributed by atoms with Gasteiger partial charge in [-0.2, -0.15) is 5.10 Å². The lowest BCUT2D eigenvalue weighted by Crippen LogP contribution is -1.98. The fourth-order valence-electron chi connectivity index (χ4n) is 2.34. The maximum Gasteiger partial charge on any atom is 0.288 e. The van der Waals surface area contributed by atoms with Crippen LogP contribution in [0.1, 0.15) is 10.5 Å². The summed E-state index contributed by atoms with van der Waals surface area (Å²) < 4.78 is 1.28. The van der Waals surface area contributed by atoms with E-state index in [0.29, 0.717) is 12.0 Å². The predicted molar refractivity (Wildman–Crippen MR) is 79.8 cm³/mol. The van der Waals surface area contributed by atoms with Crippen molar-refractivity contribution in [1.29, 1.82) is 0 Å². The predicted octanol–water partition coefficient (Wildman–Crippen LogP) is 2.65. The van der Waals surface area contributed by atoms with Crippen LogP contribution in [-0.2, 0) is 0 Å². The molecule has 2 aromatic carbocycles. The average Bonchev–Trinajstić information content (AvgIpc) is 2.93. The molecule has 0 aliphatic rings. The van der Waals surface area contributed by atoms with E-state index >= 15 is 0 Å². The highest BCUT2D eigenvalue weighted by molar-refractivity contribution is 6.02. The van der Waals surface area contributed by atoms with E-state index in [1.54, 1.807) is 30.3 Å². The molecule has 0 spiro atoms. The van der Waals surface area contributed by atoms with Gasteiger partial charge in [-0.1, -0.05) is 18.2 Å². The Morgan fingerprint density at radius 3 is 2.30 bits per heavy atom. The van der Waals surface area contributed by atoms with Gasteiger partial charge in [-0.05, 0) is 12.1 Å². The number of hydrogen-bond donors (Lipinski definition) is 0. The number of carbonyl (C=O) groups is 1. The number of benzene rings is 2. The van der Waals surface area contributed by atoms with Crippen molar-refractivity contribution in [3.8, 4) is 5.69 Å². The highest BCUT2D eigenvalue weighted by Crippen LogP contribution is 2.34. The van der Waals surface area contributed by atoms with Crippen molar-refractivity contribution >= 4 is 28.6 Å². The third-order valence-electron chi connectivity index (χ3n) is 3.29. The number of aromatic nitrogens is 2. The van der Waals surface area contributed by atoms with Crippen LogP contribution >= 0.6 is 0 Å². The van der Waals surface area contributed by atoms with E-state index in [9.17, 15) is 25.0 Å². The maximum atomic E-state index is 11.2. The Balaban J connectivity index is 2.46. The summed E-state index contributed by atoms with van der Waals surface area (Å²) in [6.45, 7) is 0. The topological polar surface area (TPSA) is 121 Å². The molecule has 0 bridgehead atoms. The second kappa shape index (κ2) is 5.30. The zero-order chi connectivity index (χ0) is 16.6. The molecule has 9 nitrogen and oxygen atoms in total. The summed E-state index contributed by atoms with van der Waals surface area (Å²) in [4.78, 5) is 32.0. The summed E-state index contributed by atoms with van der Waals surface area (Å²) in [5.74, 6) is 0. The van der Waals surface area contributed by atoms with E-state index in [1.807, 2.05) is 0 Å². The van der Waals surface area contributed by atoms with Gasteiger partial charge in [0.25, 0.3) is 11.4 Å². The number of nitrogens with zero attached hydrogens (tertiary/aromatic N) is 4. The van der Waals surface area contributed by atoms with Gasteiger partial charge < -0.3 is 0 Å². The van der Waals surface area contributed by atoms with E-state index in [4.69, 9.17) is 0 Å². The standard InChI is InChI=1S/C14H8N4O5/c19-8-11-14-12(16(15-11)9-4-2-1-3-5-9)6-10(17(20)21)7-13(14)18(22)23/h1-8H. The molecule has 1 heterocycles. The molecule has 1 aromatic heterocycles. The molecular weight excluding hydrogens is 304 g/mol. The molecule has 114 valence electrons. The van der Waals surface area contributed by atoms with Gasteiger partial charge in [0.05, 0.1) is 27.1 Å². The van der Waals surface area contributed by atoms with Gasteiger partial charge >= 0.3 is 0 Å². The number of aldehydes is 1. The minimum atomic E-state index is -0.765. The second-order valence-electron chi connectivity index (χ2n) is 4.62. The first-order valence-corrected chi connectivity index (χ1v) is 6.39. The first-order chi connectivity index (χ1) is 11.0. The molecule has 0 fully saturated rings. The van der Waals surface area contributed by atoms with Crippen LogP contribution in [-0.4, -0.2) is 25.9 Å². The molecule has 0 amide bonds. The Kier molecular flexibility index (Phi) is 3.30. The molecule has 0 atom stereocenters. The average molecular weight is 312 g/mol. The zero-order valence-electron chi connectivity index (χ0n) is 11.4. The minimum absolute atomic E-state index is 0.0283. The van der Waals surface area contributed by atoms with E-state index in [2.05, 4.69) is 5.10 Å². The third-order valence-corrected chi connectivity index (χ3v) is 3.29. The summed E-state index contributed by atoms with van der Waals surface area (Å²) in [6.07, 6.45) is 0.389. The molecule has 0 N–H and O–H groups in total. The number of nitro benzene ring substituents is 2. The number of non-ortho nitro benzene ring substituents is 2. The number of rotatable bonds is 4. The van der Waals surface area contributed by atoms with Gasteiger partial charge in [0.1, 0.15) is 11.1 Å². The van der Waals surface area contributed by atoms with Crippen molar-refractivity contribution in [2.24, 2.45) is 0 Å². The molecule has 3 aromatic rings. The summed E-state index contributed by atoms with van der Waals surface area (Å²) in [5, 5.41) is 26.3. The lowest BCUT2D eigenvalue weighted by molar-refractivity contribution is -0.393. The lowest BCUT2D eigenvalue weighted by Gasteiger charge is -2.03. The summed E-state index contributed by atoms with van der Waals surface area (Å²) in [5.41, 5.74) is -0.470. The Morgan fingerprint density at radius 2 is 1.74 bits per heavy atom. The van der Waals surface area contributed by atoms with Crippen LogP contribution in [0.25, 0.3) is 16.6 Å². The minimum Gasteiger partial charge on any atom is -0.296 e. The van der Waals surface area contributed by atoms with Crippen LogP contribution in [0.2, 0.25) is 0 Å². The Morgan fingerprint density at radius 1 is 1.04 bits per heavy atom. The number of para-hydroxylation sites is 1. The molecule has 0 radical (unpaired) electrons. The molecule has 0 saturated carbocycles. The van der Waals surface area contributed by atoms with Crippen molar-refractivity contribution < 1.29 is 14.6 Å². The second-order valence-corrected chi connectivity index (χ2v) is 4.62. The maximum absolute atomic E-state index is 11.2. The molecule has 3 rings (SSSR count). The molecular formula is C14H8N4O5. The van der Waals surface area contributed by atoms with E-state index in [-0.39, 0.29) is 16.6 Å². The quantitative estimate of drug-likeness (QED) is 0.414. The smallest absolute Gasteiger partial charge is 0.288 e. The summed E-state index contributed by atoms with van der Waals surface area (Å²) >= 11 is 0. The Labute approximate surface area is 128 Å². The van der Waals surface area contributed by atoms with Crippen molar-refractivity contribution in [2.45, 2.75) is 0 Å². The first-order valence-electron chi connectivity index (χ1n) is 6.39. The van der Waals surface area contributed by atoms with Crippen LogP contribution in [0.5, 0.6) is 0 Å². The number of nitro groups is 2. The number of carbonyl (C=O) groups excluding carboxylic acids is 1. The highest BCUT2D eigenvalue weighted by Gasteiger charge is 2.26. The summed E-state index contributed by atoms with van der Waals surface area (Å²) in [6, 6.07) is 10.5. The zero-order valence-corrected chi connectivity index (χ0v) is 11.4. The van der Waals surface area contributed by atoms with Gasteiger partial charge in [-0.25, -0.2) is 4.68 Å². The van der Waals surface area contributed by atoms with Gasteiger partial charge in [0.15, 0.2) is 6.29 Å². The molecule has 23 heavy (non-hydrogen) atoms. The number of fused-ring (bicyclic) bond motifs is 1. The Bertz CT molecular complexity index is 949. The summed E-state index contributed by atoms with van der Waals surface area (Å²) in [7, 11) is 0. The van der Waals surface area contributed by atoms with Crippen LogP contribution in [0.3, 0.4) is 0 Å². The first kappa shape index (κ1) is 14.3. The third kappa shape index (κ3) is 2.29. The van der Waals surface area contributed by atoms with E-state index in [0.717, 1.165) is 12.1 Å². The lowest BCUT2D eigenvalue weighted by atomic mass is 10.1. The normalized spacial score (nSPS) is 10.6. The van der Waals surface area contributed by atoms with E-state index in [1.165, 1.54) is 4.68 Å². The Hall–Kier alpha value is -3.62. The van der Waals surface area contributed by atoms with Crippen molar-refractivity contribution in [1.82, 2.24) is 9.78 Å². The van der Waals surface area contributed by atoms with Gasteiger partial charge in [0.2, 0.25) is 0 Å². The van der Waals surface area contributed by atoms with Crippen LogP contribution in [0.15, 0.2) is 42.5 Å². The molecule has 0 aliphatic heterocycles. The van der Waals surface area contributed by atoms with Crippen LogP contribution < -0.4 is 0 Å². The van der Waals surface area contributed by atoms with E-state index < -0.39 is 21.2 Å². The van der Waals surface area contributed by atoms with Crippen molar-refractivity contribution in [3.05, 3.63) is 68.4 Å². The van der Waals surface area contributed by atoms with Crippen LogP contribution in [0.4, 0.5) is 11.4 Å². The van der Waals surface area contributed by atoms with Gasteiger partial charge in [0, 0.05) is 6.07 Å². The fourth-order valence-corrected chi connectivity index (χ4v) is 2.34. The van der Waals surface area contributed by atoms with Crippen LogP contribution in [0, 0.1) is 20.2 Å². The van der Waals surface area contributed by atoms with Crippen molar-refractivity contribution in [3.63, 3.8) is 0 Å². The largest absolute Gasteiger partial charge is 0.296 e. The van der Waals surface area contributed by atoms with Gasteiger partial charge in [-0.3, -0.25) is 25.0 Å². The monoisotopic (exact) mass is 312 g/mol.